The van der Waals surface area contributed by atoms with E-state index in [4.69, 9.17) is 0 Å². The lowest BCUT2D eigenvalue weighted by molar-refractivity contribution is 0.273. The predicted molar refractivity (Wildman–Crippen MR) is 72.3 cm³/mol. The Bertz CT molecular complexity index is 384. The van der Waals surface area contributed by atoms with E-state index in [0.717, 1.165) is 23.1 Å². The molecule has 0 radical (unpaired) electrons. The Kier molecular flexibility index (Phi) is 4.70. The highest BCUT2D eigenvalue weighted by atomic mass is 16.3. The Hall–Kier alpha value is -0.960. The summed E-state index contributed by atoms with van der Waals surface area (Å²) >= 11 is 0. The maximum atomic E-state index is 9.21. The fraction of sp³-hybridized carbons (Fsp3) is 0.733. The summed E-state index contributed by atoms with van der Waals surface area (Å²) in [5.74, 6) is 2.37. The Morgan fingerprint density at radius 3 is 2.56 bits per heavy atom. The molecular weight excluding hydrogens is 224 g/mol. The molecule has 0 spiro atoms. The summed E-state index contributed by atoms with van der Waals surface area (Å²) in [6.07, 6.45) is 7.70. The molecule has 0 aliphatic heterocycles. The molecule has 18 heavy (non-hydrogen) atoms. The third-order valence-corrected chi connectivity index (χ3v) is 4.00. The lowest BCUT2D eigenvalue weighted by Gasteiger charge is -2.27. The first kappa shape index (κ1) is 13.5. The van der Waals surface area contributed by atoms with Crippen LogP contribution in [0.5, 0.6) is 0 Å². The molecule has 3 nitrogen and oxygen atoms in total. The topological polar surface area (TPSA) is 46.0 Å². The van der Waals surface area contributed by atoms with E-state index in [1.165, 1.54) is 38.5 Å². The predicted octanol–water partition coefficient (Wildman–Crippen LogP) is 3.35. The number of aliphatic hydroxyl groups excluding tert-OH is 1. The lowest BCUT2D eigenvalue weighted by atomic mass is 9.80. The highest BCUT2D eigenvalue weighted by Crippen LogP contribution is 2.36. The number of aryl methyl sites for hydroxylation is 1. The lowest BCUT2D eigenvalue weighted by Crippen LogP contribution is -2.16. The third kappa shape index (κ3) is 3.29. The minimum atomic E-state index is 0.0154. The molecule has 0 aromatic carbocycles. The maximum absolute atomic E-state index is 9.21. The standard InChI is InChI=1S/C15H24N2O/c1-3-4-12-5-7-13(8-6-12)15-16-11(2)9-14(10-18)17-15/h9,12-13,18H,3-8,10H2,1-2H3. The molecule has 2 rings (SSSR count). The molecule has 1 fully saturated rings. The van der Waals surface area contributed by atoms with Crippen LogP contribution < -0.4 is 0 Å². The van der Waals surface area contributed by atoms with Crippen LogP contribution in [0.25, 0.3) is 0 Å². The molecule has 1 aliphatic rings. The van der Waals surface area contributed by atoms with Gasteiger partial charge in [0.1, 0.15) is 5.82 Å². The molecule has 1 aromatic heterocycles. The van der Waals surface area contributed by atoms with Crippen LogP contribution in [-0.4, -0.2) is 15.1 Å². The van der Waals surface area contributed by atoms with Crippen LogP contribution in [0.1, 0.15) is 68.6 Å². The van der Waals surface area contributed by atoms with Crippen LogP contribution in [0, 0.1) is 12.8 Å². The molecular formula is C15H24N2O. The molecule has 0 atom stereocenters. The van der Waals surface area contributed by atoms with E-state index in [1.807, 2.05) is 13.0 Å². The molecule has 1 N–H and O–H groups in total. The van der Waals surface area contributed by atoms with Crippen LogP contribution >= 0.6 is 0 Å². The minimum absolute atomic E-state index is 0.0154. The van der Waals surface area contributed by atoms with Gasteiger partial charge in [0, 0.05) is 11.6 Å². The van der Waals surface area contributed by atoms with Gasteiger partial charge in [-0.2, -0.15) is 0 Å². The second kappa shape index (κ2) is 6.28. The van der Waals surface area contributed by atoms with E-state index in [0.29, 0.717) is 5.92 Å². The zero-order valence-corrected chi connectivity index (χ0v) is 11.5. The van der Waals surface area contributed by atoms with Crippen molar-refractivity contribution >= 4 is 0 Å². The number of hydrogen-bond donors (Lipinski definition) is 1. The first-order valence-corrected chi connectivity index (χ1v) is 7.18. The Morgan fingerprint density at radius 1 is 1.22 bits per heavy atom. The van der Waals surface area contributed by atoms with Crippen molar-refractivity contribution in [3.8, 4) is 0 Å². The van der Waals surface area contributed by atoms with Crippen molar-refractivity contribution in [3.63, 3.8) is 0 Å². The quantitative estimate of drug-likeness (QED) is 0.888. The van der Waals surface area contributed by atoms with Crippen molar-refractivity contribution in [3.05, 3.63) is 23.3 Å². The average molecular weight is 248 g/mol. The first-order valence-electron chi connectivity index (χ1n) is 7.18. The van der Waals surface area contributed by atoms with Crippen LogP contribution in [0.2, 0.25) is 0 Å². The molecule has 100 valence electrons. The maximum Gasteiger partial charge on any atom is 0.132 e. The van der Waals surface area contributed by atoms with E-state index in [1.54, 1.807) is 0 Å². The van der Waals surface area contributed by atoms with Crippen molar-refractivity contribution in [2.45, 2.75) is 64.9 Å². The molecule has 3 heteroatoms. The van der Waals surface area contributed by atoms with Gasteiger partial charge < -0.3 is 5.11 Å². The zero-order chi connectivity index (χ0) is 13.0. The number of nitrogens with zero attached hydrogens (tertiary/aromatic N) is 2. The Morgan fingerprint density at radius 2 is 1.94 bits per heavy atom. The van der Waals surface area contributed by atoms with Crippen molar-refractivity contribution in [1.29, 1.82) is 0 Å². The van der Waals surface area contributed by atoms with Crippen molar-refractivity contribution in [2.24, 2.45) is 5.92 Å². The van der Waals surface area contributed by atoms with Gasteiger partial charge >= 0.3 is 0 Å². The molecule has 1 heterocycles. The zero-order valence-electron chi connectivity index (χ0n) is 11.5. The van der Waals surface area contributed by atoms with Gasteiger partial charge in [-0.3, -0.25) is 0 Å². The summed E-state index contributed by atoms with van der Waals surface area (Å²) in [5.41, 5.74) is 1.73. The molecule has 0 unspecified atom stereocenters. The van der Waals surface area contributed by atoms with Gasteiger partial charge in [0.25, 0.3) is 0 Å². The number of aliphatic hydroxyl groups is 1. The number of hydrogen-bond acceptors (Lipinski definition) is 3. The van der Waals surface area contributed by atoms with Gasteiger partial charge in [0.15, 0.2) is 0 Å². The molecule has 1 aliphatic carbocycles. The van der Waals surface area contributed by atoms with E-state index in [2.05, 4.69) is 16.9 Å². The van der Waals surface area contributed by atoms with Gasteiger partial charge in [0.05, 0.1) is 12.3 Å². The average Bonchev–Trinajstić information content (AvgIpc) is 2.39. The minimum Gasteiger partial charge on any atom is -0.390 e. The van der Waals surface area contributed by atoms with E-state index in [9.17, 15) is 5.11 Å². The second-order valence-corrected chi connectivity index (χ2v) is 5.52. The summed E-state index contributed by atoms with van der Waals surface area (Å²) < 4.78 is 0. The smallest absolute Gasteiger partial charge is 0.132 e. The largest absolute Gasteiger partial charge is 0.390 e. The van der Waals surface area contributed by atoms with Crippen molar-refractivity contribution in [1.82, 2.24) is 9.97 Å². The van der Waals surface area contributed by atoms with Gasteiger partial charge in [0.2, 0.25) is 0 Å². The molecule has 1 saturated carbocycles. The normalized spacial score (nSPS) is 24.2. The number of rotatable bonds is 4. The van der Waals surface area contributed by atoms with E-state index in [-0.39, 0.29) is 6.61 Å². The van der Waals surface area contributed by atoms with E-state index >= 15 is 0 Å². The summed E-state index contributed by atoms with van der Waals surface area (Å²) in [6.45, 7) is 4.26. The molecule has 1 aromatic rings. The highest BCUT2D eigenvalue weighted by Gasteiger charge is 2.24. The van der Waals surface area contributed by atoms with Gasteiger partial charge in [-0.05, 0) is 44.6 Å². The second-order valence-electron chi connectivity index (χ2n) is 5.52. The third-order valence-electron chi connectivity index (χ3n) is 4.00. The fourth-order valence-corrected chi connectivity index (χ4v) is 3.04. The summed E-state index contributed by atoms with van der Waals surface area (Å²) in [4.78, 5) is 9.04. The first-order chi connectivity index (χ1) is 8.72. The van der Waals surface area contributed by atoms with Crippen molar-refractivity contribution < 1.29 is 5.11 Å². The van der Waals surface area contributed by atoms with Crippen LogP contribution in [0.4, 0.5) is 0 Å². The highest BCUT2D eigenvalue weighted by molar-refractivity contribution is 5.12. The van der Waals surface area contributed by atoms with Crippen molar-refractivity contribution in [2.75, 3.05) is 0 Å². The summed E-state index contributed by atoms with van der Waals surface area (Å²) in [7, 11) is 0. The molecule has 0 saturated heterocycles. The molecule has 0 bridgehead atoms. The Labute approximate surface area is 110 Å². The van der Waals surface area contributed by atoms with Crippen LogP contribution in [0.15, 0.2) is 6.07 Å². The van der Waals surface area contributed by atoms with Crippen LogP contribution in [-0.2, 0) is 6.61 Å². The fourth-order valence-electron chi connectivity index (χ4n) is 3.04. The van der Waals surface area contributed by atoms with E-state index < -0.39 is 0 Å². The monoisotopic (exact) mass is 248 g/mol. The van der Waals surface area contributed by atoms with Gasteiger partial charge in [-0.25, -0.2) is 9.97 Å². The number of aromatic nitrogens is 2. The Balaban J connectivity index is 2.02. The summed E-state index contributed by atoms with van der Waals surface area (Å²) in [5, 5.41) is 9.21. The van der Waals surface area contributed by atoms with Gasteiger partial charge in [-0.15, -0.1) is 0 Å². The SMILES string of the molecule is CCCC1CCC(c2nc(C)cc(CO)n2)CC1. The van der Waals surface area contributed by atoms with Gasteiger partial charge in [-0.1, -0.05) is 19.8 Å². The molecule has 0 amide bonds. The van der Waals surface area contributed by atoms with Crippen LogP contribution in [0.3, 0.4) is 0 Å². The summed E-state index contributed by atoms with van der Waals surface area (Å²) in [6, 6.07) is 1.87.